The lowest BCUT2D eigenvalue weighted by molar-refractivity contribution is 0.615. The van der Waals surface area contributed by atoms with Crippen molar-refractivity contribution in [2.45, 2.75) is 38.5 Å². The van der Waals surface area contributed by atoms with Crippen LogP contribution in [-0.4, -0.2) is 13.9 Å². The molecule has 0 aliphatic heterocycles. The maximum atomic E-state index is 12.2. The molecular weight excluding hydrogens is 304 g/mol. The largest absolute Gasteiger partial charge is 0.263 e. The lowest BCUT2D eigenvalue weighted by Crippen LogP contribution is -2.34. The summed E-state index contributed by atoms with van der Waals surface area (Å²) >= 11 is 0. The molecule has 120 valence electrons. The van der Waals surface area contributed by atoms with Gasteiger partial charge in [-0.05, 0) is 51.5 Å². The normalized spacial score (nSPS) is 13.7. The van der Waals surface area contributed by atoms with Gasteiger partial charge >= 0.3 is 0 Å². The van der Waals surface area contributed by atoms with Crippen molar-refractivity contribution in [3.05, 3.63) is 65.5 Å². The first-order valence-electron chi connectivity index (χ1n) is 7.56. The number of hydrogen-bond acceptors (Lipinski definition) is 2. The van der Waals surface area contributed by atoms with Gasteiger partial charge in [-0.1, -0.05) is 30.0 Å². The molecule has 0 aliphatic rings. The zero-order chi connectivity index (χ0) is 16.9. The number of nitrogens with one attached hydrogen (secondary N) is 1. The zero-order valence-electron chi connectivity index (χ0n) is 14.0. The van der Waals surface area contributed by atoms with Crippen LogP contribution in [0.1, 0.15) is 50.4 Å². The van der Waals surface area contributed by atoms with E-state index in [1.807, 2.05) is 64.1 Å². The number of rotatable bonds is 3. The van der Waals surface area contributed by atoms with E-state index >= 15 is 0 Å². The molecule has 0 saturated carbocycles. The summed E-state index contributed by atoms with van der Waals surface area (Å²) < 4.78 is 15.0. The molecule has 3 nitrogen and oxygen atoms in total. The molecule has 2 atom stereocenters. The minimum Gasteiger partial charge on any atom is -0.263 e. The summed E-state index contributed by atoms with van der Waals surface area (Å²) in [4.78, 5) is 4.25. The predicted octanol–water partition coefficient (Wildman–Crippen LogP) is 3.59. The second-order valence-electron chi connectivity index (χ2n) is 6.34. The topological polar surface area (TPSA) is 42.0 Å². The van der Waals surface area contributed by atoms with Gasteiger partial charge in [0.2, 0.25) is 0 Å². The number of hydrogen-bond donors (Lipinski definition) is 1. The monoisotopic (exact) mass is 326 g/mol. The van der Waals surface area contributed by atoms with Crippen LogP contribution in [-0.2, 0) is 11.0 Å². The highest BCUT2D eigenvalue weighted by Crippen LogP contribution is 2.17. The van der Waals surface area contributed by atoms with Crippen LogP contribution >= 0.6 is 0 Å². The molecule has 2 rings (SSSR count). The van der Waals surface area contributed by atoms with Gasteiger partial charge in [0.25, 0.3) is 0 Å². The van der Waals surface area contributed by atoms with E-state index in [1.165, 1.54) is 0 Å². The SMILES string of the molecule is C[C@H](NS(=O)C(C)(C)C)c1cncc(C#Cc2ccccc2)c1. The van der Waals surface area contributed by atoms with Gasteiger partial charge in [-0.25, -0.2) is 8.93 Å². The summed E-state index contributed by atoms with van der Waals surface area (Å²) in [6.07, 6.45) is 3.53. The minimum atomic E-state index is -1.12. The second-order valence-corrected chi connectivity index (χ2v) is 8.34. The standard InChI is InChI=1S/C19H22N2OS/c1-15(21-23(22)19(2,3)4)18-12-17(13-20-14-18)11-10-16-8-6-5-7-9-16/h5-9,12-15,21H,1-4H3/t15-,23?/m0/s1. The fourth-order valence-corrected chi connectivity index (χ4v) is 2.64. The van der Waals surface area contributed by atoms with E-state index in [0.717, 1.165) is 16.7 Å². The molecule has 1 aromatic heterocycles. The molecule has 0 amide bonds. The fourth-order valence-electron chi connectivity index (χ4n) is 1.83. The minimum absolute atomic E-state index is 0.0546. The van der Waals surface area contributed by atoms with Crippen molar-refractivity contribution in [3.63, 3.8) is 0 Å². The quantitative estimate of drug-likeness (QED) is 0.876. The van der Waals surface area contributed by atoms with E-state index < -0.39 is 11.0 Å². The van der Waals surface area contributed by atoms with Crippen molar-refractivity contribution in [2.24, 2.45) is 0 Å². The van der Waals surface area contributed by atoms with Crippen LogP contribution in [0.2, 0.25) is 0 Å². The highest BCUT2D eigenvalue weighted by atomic mass is 32.2. The van der Waals surface area contributed by atoms with E-state index in [-0.39, 0.29) is 10.8 Å². The molecule has 0 aliphatic carbocycles. The van der Waals surface area contributed by atoms with Crippen molar-refractivity contribution >= 4 is 11.0 Å². The molecule has 1 aromatic carbocycles. The molecule has 4 heteroatoms. The first kappa shape index (κ1) is 17.4. The van der Waals surface area contributed by atoms with E-state index in [1.54, 1.807) is 12.4 Å². The lowest BCUT2D eigenvalue weighted by atomic mass is 10.1. The Kier molecular flexibility index (Phi) is 5.70. The summed E-state index contributed by atoms with van der Waals surface area (Å²) in [5, 5.41) is 0. The number of pyridine rings is 1. The third kappa shape index (κ3) is 5.31. The number of aromatic nitrogens is 1. The summed E-state index contributed by atoms with van der Waals surface area (Å²) in [5.74, 6) is 6.25. The molecular formula is C19H22N2OS. The highest BCUT2D eigenvalue weighted by Gasteiger charge is 2.21. The van der Waals surface area contributed by atoms with Gasteiger partial charge < -0.3 is 0 Å². The van der Waals surface area contributed by atoms with Crippen molar-refractivity contribution in [2.75, 3.05) is 0 Å². The van der Waals surface area contributed by atoms with Gasteiger partial charge in [0, 0.05) is 29.6 Å². The molecule has 1 N–H and O–H groups in total. The Morgan fingerprint density at radius 1 is 1.09 bits per heavy atom. The van der Waals surface area contributed by atoms with Crippen LogP contribution in [0.4, 0.5) is 0 Å². The molecule has 2 aromatic rings. The zero-order valence-corrected chi connectivity index (χ0v) is 14.8. The van der Waals surface area contributed by atoms with E-state index in [9.17, 15) is 4.21 Å². The molecule has 0 radical (unpaired) electrons. The summed E-state index contributed by atoms with van der Waals surface area (Å²) in [7, 11) is -1.12. The smallest absolute Gasteiger partial charge is 0.0975 e. The predicted molar refractivity (Wildman–Crippen MR) is 96.1 cm³/mol. The average Bonchev–Trinajstić information content (AvgIpc) is 2.53. The molecule has 0 saturated heterocycles. The summed E-state index contributed by atoms with van der Waals surface area (Å²) in [6.45, 7) is 7.82. The first-order valence-corrected chi connectivity index (χ1v) is 8.71. The fraction of sp³-hybridized carbons (Fsp3) is 0.316. The van der Waals surface area contributed by atoms with E-state index in [4.69, 9.17) is 0 Å². The molecule has 0 bridgehead atoms. The Morgan fingerprint density at radius 2 is 1.74 bits per heavy atom. The number of nitrogens with zero attached hydrogens (tertiary/aromatic N) is 1. The van der Waals surface area contributed by atoms with Crippen LogP contribution in [0.3, 0.4) is 0 Å². The third-order valence-electron chi connectivity index (χ3n) is 3.22. The Bertz CT molecular complexity index is 739. The average molecular weight is 326 g/mol. The Balaban J connectivity index is 2.14. The van der Waals surface area contributed by atoms with Crippen molar-refractivity contribution in [3.8, 4) is 11.8 Å². The van der Waals surface area contributed by atoms with E-state index in [0.29, 0.717) is 0 Å². The summed E-state index contributed by atoms with van der Waals surface area (Å²) in [6, 6.07) is 11.8. The lowest BCUT2D eigenvalue weighted by Gasteiger charge is -2.22. The first-order chi connectivity index (χ1) is 10.9. The van der Waals surface area contributed by atoms with Crippen LogP contribution in [0, 0.1) is 11.8 Å². The molecule has 0 fully saturated rings. The highest BCUT2D eigenvalue weighted by molar-refractivity contribution is 7.84. The number of benzene rings is 1. The summed E-state index contributed by atoms with van der Waals surface area (Å²) in [5.41, 5.74) is 2.79. The third-order valence-corrected chi connectivity index (χ3v) is 4.90. The van der Waals surface area contributed by atoms with Crippen LogP contribution in [0.5, 0.6) is 0 Å². The van der Waals surface area contributed by atoms with Gasteiger partial charge in [0.1, 0.15) is 0 Å². The van der Waals surface area contributed by atoms with Crippen LogP contribution in [0.15, 0.2) is 48.8 Å². The maximum absolute atomic E-state index is 12.2. The molecule has 0 spiro atoms. The van der Waals surface area contributed by atoms with Crippen molar-refractivity contribution in [1.29, 1.82) is 0 Å². The van der Waals surface area contributed by atoms with Crippen LogP contribution in [0.25, 0.3) is 0 Å². The van der Waals surface area contributed by atoms with Gasteiger partial charge in [-0.2, -0.15) is 0 Å². The van der Waals surface area contributed by atoms with Crippen LogP contribution < -0.4 is 4.72 Å². The van der Waals surface area contributed by atoms with Crippen molar-refractivity contribution < 1.29 is 4.21 Å². The Hall–Kier alpha value is -1.96. The van der Waals surface area contributed by atoms with Gasteiger partial charge in [0.15, 0.2) is 0 Å². The maximum Gasteiger partial charge on any atom is 0.0975 e. The second kappa shape index (κ2) is 7.54. The van der Waals surface area contributed by atoms with Gasteiger partial charge in [0.05, 0.1) is 15.7 Å². The van der Waals surface area contributed by atoms with E-state index in [2.05, 4.69) is 21.5 Å². The molecule has 1 heterocycles. The molecule has 23 heavy (non-hydrogen) atoms. The van der Waals surface area contributed by atoms with Crippen molar-refractivity contribution in [1.82, 2.24) is 9.71 Å². The molecule has 1 unspecified atom stereocenters. The Morgan fingerprint density at radius 3 is 2.39 bits per heavy atom. The Labute approximate surface area is 141 Å². The van der Waals surface area contributed by atoms with Gasteiger partial charge in [-0.3, -0.25) is 4.98 Å². The van der Waals surface area contributed by atoms with Gasteiger partial charge in [-0.15, -0.1) is 0 Å².